The number of pyridine rings is 1. The van der Waals surface area contributed by atoms with Crippen LogP contribution in [0.1, 0.15) is 109 Å². The van der Waals surface area contributed by atoms with Gasteiger partial charge in [0.05, 0.1) is 30.7 Å². The number of hydrogen-bond donors (Lipinski definition) is 0. The predicted octanol–water partition coefficient (Wildman–Crippen LogP) is 9.97. The average molecular weight is 682 g/mol. The van der Waals surface area contributed by atoms with Gasteiger partial charge in [0.1, 0.15) is 0 Å². The molecule has 1 aliphatic rings. The van der Waals surface area contributed by atoms with E-state index in [-0.39, 0.29) is 17.5 Å². The smallest absolute Gasteiger partial charge is 0.302 e. The van der Waals surface area contributed by atoms with Crippen LogP contribution in [-0.4, -0.2) is 42.5 Å². The number of methoxy groups -OCH3 is 1. The van der Waals surface area contributed by atoms with Crippen LogP contribution in [0.4, 0.5) is 0 Å². The Hall–Kier alpha value is -2.48. The lowest BCUT2D eigenvalue weighted by Crippen LogP contribution is -2.24. The second-order valence-electron chi connectivity index (χ2n) is 13.5. The molecular weight excluding hydrogens is 628 g/mol. The number of aromatic nitrogens is 2. The summed E-state index contributed by atoms with van der Waals surface area (Å²) in [6.07, 6.45) is 9.25. The largest absolute Gasteiger partial charge is 0.465 e. The minimum atomic E-state index is -0.278. The number of esters is 1. The molecular formula is C38H53BrN2O4. The number of benzene rings is 1. The molecule has 0 bridgehead atoms. The van der Waals surface area contributed by atoms with Crippen LogP contribution < -0.4 is 0 Å². The minimum Gasteiger partial charge on any atom is -0.465 e. The maximum Gasteiger partial charge on any atom is 0.302 e. The molecule has 0 spiro atoms. The Morgan fingerprint density at radius 3 is 2.69 bits per heavy atom. The second-order valence-corrected chi connectivity index (χ2v) is 14.5. The lowest BCUT2D eigenvalue weighted by molar-refractivity contribution is -0.143. The van der Waals surface area contributed by atoms with E-state index in [1.54, 1.807) is 7.11 Å². The third kappa shape index (κ3) is 8.66. The number of hydrogen-bond acceptors (Lipinski definition) is 5. The monoisotopic (exact) mass is 680 g/mol. The lowest BCUT2D eigenvalue weighted by atomic mass is 9.78. The van der Waals surface area contributed by atoms with Gasteiger partial charge in [-0.3, -0.25) is 9.78 Å². The highest BCUT2D eigenvalue weighted by Crippen LogP contribution is 2.43. The average Bonchev–Trinajstić information content (AvgIpc) is 3.30. The van der Waals surface area contributed by atoms with E-state index in [0.717, 1.165) is 67.6 Å². The van der Waals surface area contributed by atoms with E-state index in [4.69, 9.17) is 19.2 Å². The molecule has 1 unspecified atom stereocenters. The van der Waals surface area contributed by atoms with Crippen LogP contribution in [-0.2, 0) is 32.0 Å². The van der Waals surface area contributed by atoms with Crippen LogP contribution in [0.5, 0.6) is 0 Å². The highest BCUT2D eigenvalue weighted by atomic mass is 79.9. The number of halogens is 1. The van der Waals surface area contributed by atoms with Gasteiger partial charge in [-0.1, -0.05) is 55.3 Å². The summed E-state index contributed by atoms with van der Waals surface area (Å²) in [5.41, 5.74) is 7.97. The highest BCUT2D eigenvalue weighted by molar-refractivity contribution is 9.10. The molecule has 6 nitrogen and oxygen atoms in total. The fourth-order valence-corrected chi connectivity index (χ4v) is 7.17. The Kier molecular flexibility index (Phi) is 12.5. The van der Waals surface area contributed by atoms with Crippen molar-refractivity contribution in [3.63, 3.8) is 0 Å². The first-order valence-corrected chi connectivity index (χ1v) is 17.5. The number of nitrogens with zero attached hydrogens (tertiary/aromatic N) is 2. The molecule has 0 N–H and O–H groups in total. The predicted molar refractivity (Wildman–Crippen MR) is 188 cm³/mol. The summed E-state index contributed by atoms with van der Waals surface area (Å²) in [6, 6.07) is 8.93. The van der Waals surface area contributed by atoms with Crippen LogP contribution in [0, 0.1) is 11.3 Å². The van der Waals surface area contributed by atoms with E-state index in [0.29, 0.717) is 18.4 Å². The van der Waals surface area contributed by atoms with Crippen LogP contribution in [0.25, 0.3) is 22.2 Å². The molecule has 4 rings (SSSR count). The maximum absolute atomic E-state index is 11.8. The molecule has 246 valence electrons. The zero-order valence-electron chi connectivity index (χ0n) is 28.5. The Morgan fingerprint density at radius 1 is 1.22 bits per heavy atom. The van der Waals surface area contributed by atoms with Crippen LogP contribution in [0.15, 0.2) is 47.1 Å². The van der Waals surface area contributed by atoms with Crippen LogP contribution >= 0.6 is 15.9 Å². The minimum absolute atomic E-state index is 0.182. The number of fused-ring (bicyclic) bond motifs is 1. The van der Waals surface area contributed by atoms with E-state index in [1.807, 2.05) is 0 Å². The third-order valence-corrected chi connectivity index (χ3v) is 9.78. The second kappa shape index (κ2) is 15.9. The van der Waals surface area contributed by atoms with Gasteiger partial charge >= 0.3 is 5.97 Å². The molecule has 1 fully saturated rings. The molecule has 0 aliphatic heterocycles. The van der Waals surface area contributed by atoms with Crippen molar-refractivity contribution in [3.8, 4) is 11.3 Å². The van der Waals surface area contributed by atoms with Gasteiger partial charge in [0.2, 0.25) is 0 Å². The molecule has 2 aromatic heterocycles. The standard InChI is InChI=1S/C38H53BrN2O4/c1-9-17-44-23-30-18-28(14-12-11-13-25(30)3)29-19-33(36(40-22-29)26(4)43-8)37-34(21-38(6,7)24-45-27(5)42)32-20-31(39)15-16-35(32)41(37)10-2/h15-16,19-20,22,26,28,30H,3,9-14,17-18,21,23-24H2,1-2,4-8H3/t26-,28?,30-/m0/s1. The molecule has 1 aliphatic carbocycles. The van der Waals surface area contributed by atoms with Crippen LogP contribution in [0.3, 0.4) is 0 Å². The molecule has 1 aromatic carbocycles. The van der Waals surface area contributed by atoms with Gasteiger partial charge in [0.25, 0.3) is 0 Å². The van der Waals surface area contributed by atoms with E-state index in [2.05, 4.69) is 92.2 Å². The van der Waals surface area contributed by atoms with Gasteiger partial charge in [0.15, 0.2) is 0 Å². The zero-order valence-corrected chi connectivity index (χ0v) is 30.1. The molecule has 0 radical (unpaired) electrons. The molecule has 2 heterocycles. The maximum atomic E-state index is 11.8. The topological polar surface area (TPSA) is 62.6 Å². The summed E-state index contributed by atoms with van der Waals surface area (Å²) in [6.45, 7) is 19.4. The van der Waals surface area contributed by atoms with E-state index >= 15 is 0 Å². The molecule has 3 aromatic rings. The number of ether oxygens (including phenoxy) is 3. The molecule has 0 saturated heterocycles. The van der Waals surface area contributed by atoms with Crippen molar-refractivity contribution in [1.29, 1.82) is 0 Å². The van der Waals surface area contributed by atoms with E-state index in [9.17, 15) is 4.79 Å². The summed E-state index contributed by atoms with van der Waals surface area (Å²) >= 11 is 3.74. The first kappa shape index (κ1) is 35.4. The van der Waals surface area contributed by atoms with E-state index < -0.39 is 0 Å². The number of carbonyl (C=O) groups is 1. The Bertz CT molecular complexity index is 1480. The zero-order chi connectivity index (χ0) is 32.7. The number of aryl methyl sites for hydroxylation is 1. The molecule has 0 amide bonds. The summed E-state index contributed by atoms with van der Waals surface area (Å²) < 4.78 is 21.0. The van der Waals surface area contributed by atoms with Gasteiger partial charge in [0, 0.05) is 65.7 Å². The number of carbonyl (C=O) groups excluding carboxylic acids is 1. The Labute approximate surface area is 279 Å². The Morgan fingerprint density at radius 2 is 2.00 bits per heavy atom. The van der Waals surface area contributed by atoms with Crippen molar-refractivity contribution >= 4 is 32.8 Å². The lowest BCUT2D eigenvalue weighted by Gasteiger charge is -2.29. The molecule has 3 atom stereocenters. The molecule has 45 heavy (non-hydrogen) atoms. The molecule has 1 saturated carbocycles. The van der Waals surface area contributed by atoms with Crippen molar-refractivity contribution in [1.82, 2.24) is 9.55 Å². The first-order valence-electron chi connectivity index (χ1n) is 16.7. The van der Waals surface area contributed by atoms with Gasteiger partial charge in [-0.2, -0.15) is 0 Å². The van der Waals surface area contributed by atoms with Gasteiger partial charge < -0.3 is 18.8 Å². The van der Waals surface area contributed by atoms with Crippen molar-refractivity contribution in [3.05, 3.63) is 63.9 Å². The van der Waals surface area contributed by atoms with Crippen molar-refractivity contribution in [2.24, 2.45) is 11.3 Å². The summed E-state index contributed by atoms with van der Waals surface area (Å²) in [5, 5.41) is 1.20. The third-order valence-electron chi connectivity index (χ3n) is 9.29. The highest BCUT2D eigenvalue weighted by Gasteiger charge is 2.30. The summed E-state index contributed by atoms with van der Waals surface area (Å²) in [5.74, 6) is 0.461. The fraction of sp³-hybridized carbons (Fsp3) is 0.579. The summed E-state index contributed by atoms with van der Waals surface area (Å²) in [4.78, 5) is 16.9. The molecule has 7 heteroatoms. The van der Waals surface area contributed by atoms with Crippen LogP contribution in [0.2, 0.25) is 0 Å². The fourth-order valence-electron chi connectivity index (χ4n) is 6.81. The van der Waals surface area contributed by atoms with Gasteiger partial charge in [-0.25, -0.2) is 0 Å². The Balaban J connectivity index is 1.90. The van der Waals surface area contributed by atoms with Crippen molar-refractivity contribution in [2.75, 3.05) is 26.9 Å². The van der Waals surface area contributed by atoms with Gasteiger partial charge in [-0.15, -0.1) is 0 Å². The SMILES string of the molecule is C=C1CCCCC(c2cnc([C@H](C)OC)c(-c3c(CC(C)(C)COC(C)=O)c4cc(Br)ccc4n3CC)c2)C[C@H]1COCCC. The first-order chi connectivity index (χ1) is 21.5. The summed E-state index contributed by atoms with van der Waals surface area (Å²) in [7, 11) is 1.75. The van der Waals surface area contributed by atoms with Crippen molar-refractivity contribution < 1.29 is 19.0 Å². The normalized spacial score (nSPS) is 18.5. The van der Waals surface area contributed by atoms with E-state index in [1.165, 1.54) is 53.1 Å². The van der Waals surface area contributed by atoms with Crippen molar-refractivity contribution in [2.45, 2.75) is 105 Å². The van der Waals surface area contributed by atoms with Gasteiger partial charge in [-0.05, 0) is 93.7 Å². The quantitative estimate of drug-likeness (QED) is 0.102. The number of rotatable bonds is 13.